The molecule has 0 amide bonds. The number of aromatic nitrogens is 3. The molecule has 1 saturated carbocycles. The molecule has 1 aliphatic heterocycles. The van der Waals surface area contributed by atoms with Gasteiger partial charge in [-0.15, -0.1) is 0 Å². The second-order valence-corrected chi connectivity index (χ2v) is 7.06. The van der Waals surface area contributed by atoms with Crippen molar-refractivity contribution in [1.29, 1.82) is 0 Å². The highest BCUT2D eigenvalue weighted by atomic mass is 16.2. The number of hydrogen-bond acceptors (Lipinski definition) is 4. The minimum Gasteiger partial charge on any atom is -0.324 e. The van der Waals surface area contributed by atoms with E-state index < -0.39 is 0 Å². The molecule has 25 heavy (non-hydrogen) atoms. The summed E-state index contributed by atoms with van der Waals surface area (Å²) in [5, 5.41) is 3.37. The number of fused-ring (bicyclic) bond motifs is 1. The summed E-state index contributed by atoms with van der Waals surface area (Å²) in [5.74, 6) is 0.664. The summed E-state index contributed by atoms with van der Waals surface area (Å²) in [6.07, 6.45) is 9.76. The van der Waals surface area contributed by atoms with E-state index in [4.69, 9.17) is 0 Å². The molecule has 0 spiro atoms. The quantitative estimate of drug-likeness (QED) is 0.738. The zero-order chi connectivity index (χ0) is 17.2. The van der Waals surface area contributed by atoms with Gasteiger partial charge in [0.05, 0.1) is 12.6 Å². The number of aromatic amines is 1. The number of nitrogens with one attached hydrogen (secondary N) is 3. The number of pyridine rings is 1. The lowest BCUT2D eigenvalue weighted by molar-refractivity contribution is -0.938. The van der Waals surface area contributed by atoms with Crippen LogP contribution in [0.1, 0.15) is 43.2 Å². The molecule has 1 atom stereocenters. The molecule has 0 bridgehead atoms. The maximum atomic E-state index is 12.4. The van der Waals surface area contributed by atoms with Crippen LogP contribution in [0.25, 0.3) is 0 Å². The Hall–Kier alpha value is -2.41. The SMILES string of the molecule is O=c1[nH]c(=O)n(Cc2cccnc2)c2c1C[NH+](C1CCCCC1)CN2. The minimum absolute atomic E-state index is 0.261. The van der Waals surface area contributed by atoms with Crippen molar-refractivity contribution in [2.45, 2.75) is 51.2 Å². The lowest BCUT2D eigenvalue weighted by Crippen LogP contribution is -3.16. The Bertz CT molecular complexity index is 852. The van der Waals surface area contributed by atoms with Crippen molar-refractivity contribution in [1.82, 2.24) is 14.5 Å². The van der Waals surface area contributed by atoms with Gasteiger partial charge in [0.2, 0.25) is 0 Å². The van der Waals surface area contributed by atoms with Crippen LogP contribution in [-0.4, -0.2) is 27.2 Å². The number of nitrogens with zero attached hydrogens (tertiary/aromatic N) is 2. The smallest absolute Gasteiger partial charge is 0.324 e. The second-order valence-electron chi connectivity index (χ2n) is 7.06. The van der Waals surface area contributed by atoms with E-state index in [0.29, 0.717) is 30.5 Å². The molecule has 7 nitrogen and oxygen atoms in total. The zero-order valence-corrected chi connectivity index (χ0v) is 14.3. The average molecular weight is 342 g/mol. The molecular formula is C18H24N5O2+. The van der Waals surface area contributed by atoms with Crippen LogP contribution >= 0.6 is 0 Å². The largest absolute Gasteiger partial charge is 0.330 e. The summed E-state index contributed by atoms with van der Waals surface area (Å²) in [7, 11) is 0. The van der Waals surface area contributed by atoms with Crippen molar-refractivity contribution in [3.63, 3.8) is 0 Å². The van der Waals surface area contributed by atoms with Gasteiger partial charge < -0.3 is 10.2 Å². The van der Waals surface area contributed by atoms with E-state index in [0.717, 1.165) is 12.2 Å². The van der Waals surface area contributed by atoms with E-state index in [2.05, 4.69) is 15.3 Å². The number of H-pyrrole nitrogens is 1. The molecule has 1 aliphatic carbocycles. The fourth-order valence-electron chi connectivity index (χ4n) is 4.09. The molecule has 7 heteroatoms. The number of rotatable bonds is 3. The lowest BCUT2D eigenvalue weighted by Gasteiger charge is -2.35. The molecule has 4 rings (SSSR count). The molecular weight excluding hydrogens is 318 g/mol. The third-order valence-corrected chi connectivity index (χ3v) is 5.43. The van der Waals surface area contributed by atoms with Crippen LogP contribution < -0.4 is 21.5 Å². The lowest BCUT2D eigenvalue weighted by atomic mass is 9.94. The van der Waals surface area contributed by atoms with Crippen LogP contribution in [0, 0.1) is 0 Å². The first-order valence-electron chi connectivity index (χ1n) is 9.06. The monoisotopic (exact) mass is 342 g/mol. The third kappa shape index (κ3) is 3.24. The Morgan fingerprint density at radius 3 is 2.84 bits per heavy atom. The summed E-state index contributed by atoms with van der Waals surface area (Å²) in [5.41, 5.74) is 0.988. The van der Waals surface area contributed by atoms with E-state index in [1.165, 1.54) is 37.0 Å². The first-order valence-corrected chi connectivity index (χ1v) is 9.06. The summed E-state index contributed by atoms with van der Waals surface area (Å²) in [6, 6.07) is 4.38. The number of quaternary nitrogens is 1. The van der Waals surface area contributed by atoms with E-state index in [-0.39, 0.29) is 11.2 Å². The maximum Gasteiger partial charge on any atom is 0.330 e. The minimum atomic E-state index is -0.374. The fraction of sp³-hybridized carbons (Fsp3) is 0.500. The van der Waals surface area contributed by atoms with Crippen molar-refractivity contribution in [3.05, 3.63) is 56.5 Å². The van der Waals surface area contributed by atoms with Crippen LogP contribution in [-0.2, 0) is 13.1 Å². The number of hydrogen-bond donors (Lipinski definition) is 3. The van der Waals surface area contributed by atoms with Crippen molar-refractivity contribution >= 4 is 5.82 Å². The van der Waals surface area contributed by atoms with Gasteiger partial charge in [0.25, 0.3) is 5.56 Å². The van der Waals surface area contributed by atoms with E-state index >= 15 is 0 Å². The molecule has 1 fully saturated rings. The van der Waals surface area contributed by atoms with Gasteiger partial charge in [0.15, 0.2) is 6.67 Å². The van der Waals surface area contributed by atoms with Crippen molar-refractivity contribution < 1.29 is 4.90 Å². The Balaban J connectivity index is 1.65. The molecule has 3 N–H and O–H groups in total. The highest BCUT2D eigenvalue weighted by Crippen LogP contribution is 2.18. The zero-order valence-electron chi connectivity index (χ0n) is 14.3. The summed E-state index contributed by atoms with van der Waals surface area (Å²) < 4.78 is 1.62. The highest BCUT2D eigenvalue weighted by Gasteiger charge is 2.31. The van der Waals surface area contributed by atoms with Crippen molar-refractivity contribution in [2.24, 2.45) is 0 Å². The average Bonchev–Trinajstić information content (AvgIpc) is 2.66. The van der Waals surface area contributed by atoms with E-state index in [9.17, 15) is 9.59 Å². The Kier molecular flexibility index (Phi) is 4.40. The molecule has 2 aromatic rings. The normalized spacial score (nSPS) is 20.7. The first kappa shape index (κ1) is 16.1. The molecule has 132 valence electrons. The summed E-state index contributed by atoms with van der Waals surface area (Å²) >= 11 is 0. The van der Waals surface area contributed by atoms with Crippen LogP contribution in [0.5, 0.6) is 0 Å². The number of anilines is 1. The maximum absolute atomic E-state index is 12.4. The van der Waals surface area contributed by atoms with Gasteiger partial charge in [-0.2, -0.15) is 0 Å². The van der Waals surface area contributed by atoms with Crippen LogP contribution in [0.15, 0.2) is 34.1 Å². The predicted octanol–water partition coefficient (Wildman–Crippen LogP) is 0.0805. The van der Waals surface area contributed by atoms with Gasteiger partial charge in [-0.3, -0.25) is 19.3 Å². The molecule has 0 aromatic carbocycles. The van der Waals surface area contributed by atoms with Gasteiger partial charge >= 0.3 is 5.69 Å². The van der Waals surface area contributed by atoms with Crippen LogP contribution in [0.4, 0.5) is 5.82 Å². The van der Waals surface area contributed by atoms with Gasteiger partial charge in [-0.25, -0.2) is 4.79 Å². The fourth-order valence-corrected chi connectivity index (χ4v) is 4.09. The molecule has 3 heterocycles. The van der Waals surface area contributed by atoms with E-state index in [1.807, 2.05) is 12.1 Å². The van der Waals surface area contributed by atoms with Gasteiger partial charge in [0, 0.05) is 12.4 Å². The highest BCUT2D eigenvalue weighted by molar-refractivity contribution is 5.44. The van der Waals surface area contributed by atoms with Gasteiger partial charge in [-0.1, -0.05) is 12.5 Å². The molecule has 0 saturated heterocycles. The molecule has 2 aromatic heterocycles. The van der Waals surface area contributed by atoms with E-state index in [1.54, 1.807) is 17.0 Å². The molecule has 1 unspecified atom stereocenters. The van der Waals surface area contributed by atoms with Crippen molar-refractivity contribution in [2.75, 3.05) is 12.0 Å². The predicted molar refractivity (Wildman–Crippen MR) is 94.7 cm³/mol. The van der Waals surface area contributed by atoms with Crippen LogP contribution in [0.3, 0.4) is 0 Å². The van der Waals surface area contributed by atoms with Crippen molar-refractivity contribution in [3.8, 4) is 0 Å². The van der Waals surface area contributed by atoms with Gasteiger partial charge in [0.1, 0.15) is 17.9 Å². The summed E-state index contributed by atoms with van der Waals surface area (Å²) in [6.45, 7) is 1.83. The third-order valence-electron chi connectivity index (χ3n) is 5.43. The topological polar surface area (TPSA) is 84.2 Å². The Labute approximate surface area is 145 Å². The Morgan fingerprint density at radius 1 is 1.24 bits per heavy atom. The van der Waals surface area contributed by atoms with Crippen LogP contribution in [0.2, 0.25) is 0 Å². The Morgan fingerprint density at radius 2 is 2.08 bits per heavy atom. The molecule has 0 radical (unpaired) electrons. The first-order chi connectivity index (χ1) is 12.2. The second kappa shape index (κ2) is 6.84. The summed E-state index contributed by atoms with van der Waals surface area (Å²) in [4.78, 5) is 32.7. The molecule has 2 aliphatic rings. The standard InChI is InChI=1S/C18H23N5O2/c24-17-15-11-22(14-6-2-1-3-7-14)12-20-16(15)23(18(25)21-17)10-13-5-4-8-19-9-13/h4-5,8-9,14,20H,1-3,6-7,10-12H2,(H,21,24,25)/p+1. The van der Waals surface area contributed by atoms with Gasteiger partial charge in [-0.05, 0) is 37.3 Å².